The van der Waals surface area contributed by atoms with Crippen LogP contribution in [0.1, 0.15) is 33.6 Å². The van der Waals surface area contributed by atoms with Gasteiger partial charge in [-0.1, -0.05) is 20.8 Å². The highest BCUT2D eigenvalue weighted by molar-refractivity contribution is 5.77. The van der Waals surface area contributed by atoms with Crippen LogP contribution in [0.25, 0.3) is 16.9 Å². The first-order valence-corrected chi connectivity index (χ1v) is 10.3. The number of hydrogen-bond acceptors (Lipinski definition) is 5. The van der Waals surface area contributed by atoms with Crippen LogP contribution in [0.4, 0.5) is 5.82 Å². The van der Waals surface area contributed by atoms with Crippen LogP contribution in [0.15, 0.2) is 41.5 Å². The predicted octanol–water partition coefficient (Wildman–Crippen LogP) is 2.56. The maximum atomic E-state index is 12.6. The summed E-state index contributed by atoms with van der Waals surface area (Å²) in [5, 5.41) is 4.76. The fraction of sp³-hybridized carbons (Fsp3) is 0.455. The summed E-state index contributed by atoms with van der Waals surface area (Å²) in [6.45, 7) is 7.81. The van der Waals surface area contributed by atoms with E-state index < -0.39 is 0 Å². The summed E-state index contributed by atoms with van der Waals surface area (Å²) in [5.41, 5.74) is 1.67. The van der Waals surface area contributed by atoms with Crippen molar-refractivity contribution in [2.45, 2.75) is 39.7 Å². The Morgan fingerprint density at radius 3 is 2.83 bits per heavy atom. The molecular weight excluding hydrogens is 380 g/mol. The lowest BCUT2D eigenvalue weighted by Crippen LogP contribution is -2.40. The molecule has 4 heterocycles. The summed E-state index contributed by atoms with van der Waals surface area (Å²) in [6.07, 6.45) is 4.72. The van der Waals surface area contributed by atoms with Crippen molar-refractivity contribution >= 4 is 17.4 Å². The topological polar surface area (TPSA) is 86.6 Å². The zero-order valence-corrected chi connectivity index (χ0v) is 17.9. The summed E-state index contributed by atoms with van der Waals surface area (Å²) in [4.78, 5) is 36.0. The van der Waals surface area contributed by atoms with Crippen molar-refractivity contribution in [3.05, 3.63) is 47.0 Å². The van der Waals surface area contributed by atoms with Crippen molar-refractivity contribution in [1.29, 1.82) is 0 Å². The second-order valence-corrected chi connectivity index (χ2v) is 9.15. The first-order valence-electron chi connectivity index (χ1n) is 10.3. The highest BCUT2D eigenvalue weighted by Gasteiger charge is 2.31. The van der Waals surface area contributed by atoms with Crippen LogP contribution in [0, 0.1) is 5.41 Å². The number of rotatable bonds is 4. The Kier molecular flexibility index (Phi) is 5.09. The fourth-order valence-electron chi connectivity index (χ4n) is 3.89. The van der Waals surface area contributed by atoms with E-state index in [1.165, 1.54) is 0 Å². The number of imidazole rings is 1. The standard InChI is InChI=1S/C22H28N6O2/c1-22(2,3)12-20(29)26(4)15-9-11-27(14-15)19-8-7-18-24-13-17(28(18)25-19)16-6-5-10-23-21(16)30/h5-8,10,13,15H,9,11-12,14H2,1-4H3,(H,23,30)/t15-/m0/s1. The molecule has 0 radical (unpaired) electrons. The van der Waals surface area contributed by atoms with Crippen molar-refractivity contribution in [2.75, 3.05) is 25.0 Å². The molecule has 4 rings (SSSR count). The molecule has 30 heavy (non-hydrogen) atoms. The fourth-order valence-corrected chi connectivity index (χ4v) is 3.89. The average Bonchev–Trinajstić information content (AvgIpc) is 3.33. The highest BCUT2D eigenvalue weighted by Crippen LogP contribution is 2.25. The van der Waals surface area contributed by atoms with Crippen molar-refractivity contribution in [2.24, 2.45) is 5.41 Å². The van der Waals surface area contributed by atoms with E-state index in [4.69, 9.17) is 5.10 Å². The number of hydrogen-bond donors (Lipinski definition) is 1. The van der Waals surface area contributed by atoms with Crippen LogP contribution < -0.4 is 10.5 Å². The van der Waals surface area contributed by atoms with Crippen LogP contribution in [0.5, 0.6) is 0 Å². The Bertz CT molecular complexity index is 1130. The van der Waals surface area contributed by atoms with Crippen molar-refractivity contribution in [3.8, 4) is 11.3 Å². The number of aromatic amines is 1. The number of nitrogens with zero attached hydrogens (tertiary/aromatic N) is 5. The molecule has 1 atom stereocenters. The molecule has 1 fully saturated rings. The minimum Gasteiger partial charge on any atom is -0.353 e. The monoisotopic (exact) mass is 408 g/mol. The molecule has 0 saturated carbocycles. The van der Waals surface area contributed by atoms with Gasteiger partial charge >= 0.3 is 0 Å². The number of pyridine rings is 1. The highest BCUT2D eigenvalue weighted by atomic mass is 16.2. The Labute approximate surface area is 175 Å². The number of likely N-dealkylation sites (N-methyl/N-ethyl adjacent to an activating group) is 1. The predicted molar refractivity (Wildman–Crippen MR) is 117 cm³/mol. The molecule has 0 aliphatic carbocycles. The second-order valence-electron chi connectivity index (χ2n) is 9.15. The second kappa shape index (κ2) is 7.59. The number of H-pyrrole nitrogens is 1. The van der Waals surface area contributed by atoms with Gasteiger partial charge < -0.3 is 14.8 Å². The number of nitrogens with one attached hydrogen (secondary N) is 1. The molecule has 0 bridgehead atoms. The van der Waals surface area contributed by atoms with Crippen LogP contribution in [-0.2, 0) is 4.79 Å². The summed E-state index contributed by atoms with van der Waals surface area (Å²) in [7, 11) is 1.90. The number of fused-ring (bicyclic) bond motifs is 1. The van der Waals surface area contributed by atoms with E-state index in [0.29, 0.717) is 23.3 Å². The average molecular weight is 409 g/mol. The molecule has 3 aromatic rings. The number of aromatic nitrogens is 4. The molecule has 3 aromatic heterocycles. The largest absolute Gasteiger partial charge is 0.353 e. The molecule has 8 nitrogen and oxygen atoms in total. The molecule has 1 saturated heterocycles. The van der Waals surface area contributed by atoms with E-state index in [-0.39, 0.29) is 22.9 Å². The molecule has 1 aliphatic heterocycles. The van der Waals surface area contributed by atoms with Crippen LogP contribution in [0.3, 0.4) is 0 Å². The van der Waals surface area contributed by atoms with E-state index >= 15 is 0 Å². The quantitative estimate of drug-likeness (QED) is 0.717. The van der Waals surface area contributed by atoms with Gasteiger partial charge in [0.25, 0.3) is 5.56 Å². The van der Waals surface area contributed by atoms with Gasteiger partial charge in [0.05, 0.1) is 23.5 Å². The normalized spacial score (nSPS) is 16.9. The van der Waals surface area contributed by atoms with Gasteiger partial charge in [-0.15, -0.1) is 5.10 Å². The van der Waals surface area contributed by atoms with Crippen molar-refractivity contribution in [1.82, 2.24) is 24.5 Å². The van der Waals surface area contributed by atoms with Gasteiger partial charge in [0.2, 0.25) is 5.91 Å². The van der Waals surface area contributed by atoms with Gasteiger partial charge in [0.15, 0.2) is 5.65 Å². The van der Waals surface area contributed by atoms with Gasteiger partial charge in [-0.25, -0.2) is 9.50 Å². The van der Waals surface area contributed by atoms with E-state index in [1.807, 2.05) is 24.1 Å². The molecule has 0 spiro atoms. The molecule has 0 unspecified atom stereocenters. The molecule has 8 heteroatoms. The zero-order valence-electron chi connectivity index (χ0n) is 17.9. The Balaban J connectivity index is 1.56. The summed E-state index contributed by atoms with van der Waals surface area (Å²) >= 11 is 0. The molecule has 0 aromatic carbocycles. The molecule has 1 amide bonds. The molecule has 158 valence electrons. The number of anilines is 1. The van der Waals surface area contributed by atoms with Gasteiger partial charge in [-0.3, -0.25) is 9.59 Å². The summed E-state index contributed by atoms with van der Waals surface area (Å²) in [5.74, 6) is 0.992. The lowest BCUT2D eigenvalue weighted by atomic mass is 9.91. The van der Waals surface area contributed by atoms with E-state index in [9.17, 15) is 9.59 Å². The van der Waals surface area contributed by atoms with Crippen molar-refractivity contribution in [3.63, 3.8) is 0 Å². The van der Waals surface area contributed by atoms with E-state index in [1.54, 1.807) is 29.0 Å². The summed E-state index contributed by atoms with van der Waals surface area (Å²) < 4.78 is 1.71. The lowest BCUT2D eigenvalue weighted by Gasteiger charge is -2.28. The first kappa shape index (κ1) is 20.1. The maximum Gasteiger partial charge on any atom is 0.257 e. The zero-order chi connectivity index (χ0) is 21.5. The third kappa shape index (κ3) is 3.94. The SMILES string of the molecule is CN(C(=O)CC(C)(C)C)[C@H]1CCN(c2ccc3ncc(-c4ccc[nH]c4=O)n3n2)C1. The number of carbonyl (C=O) groups excluding carboxylic acids is 1. The minimum absolute atomic E-state index is 0.0245. The number of amides is 1. The lowest BCUT2D eigenvalue weighted by molar-refractivity contribution is -0.133. The van der Waals surface area contributed by atoms with E-state index in [2.05, 4.69) is 35.6 Å². The van der Waals surface area contributed by atoms with Crippen molar-refractivity contribution < 1.29 is 4.79 Å². The summed E-state index contributed by atoms with van der Waals surface area (Å²) in [6, 6.07) is 7.57. The number of carbonyl (C=O) groups is 1. The Morgan fingerprint density at radius 1 is 1.30 bits per heavy atom. The third-order valence-corrected chi connectivity index (χ3v) is 5.55. The van der Waals surface area contributed by atoms with Gasteiger partial charge in [0, 0.05) is 32.8 Å². The van der Waals surface area contributed by atoms with Crippen LogP contribution in [0.2, 0.25) is 0 Å². The minimum atomic E-state index is -0.174. The van der Waals surface area contributed by atoms with Crippen LogP contribution in [-0.4, -0.2) is 56.6 Å². The Morgan fingerprint density at radius 2 is 2.10 bits per heavy atom. The third-order valence-electron chi connectivity index (χ3n) is 5.55. The smallest absolute Gasteiger partial charge is 0.257 e. The Hall–Kier alpha value is -3.16. The van der Waals surface area contributed by atoms with Gasteiger partial charge in [-0.2, -0.15) is 0 Å². The first-order chi connectivity index (χ1) is 14.2. The van der Waals surface area contributed by atoms with Crippen LogP contribution >= 0.6 is 0 Å². The molecular formula is C22H28N6O2. The molecule has 1 N–H and O–H groups in total. The molecule has 1 aliphatic rings. The van der Waals surface area contributed by atoms with Gasteiger partial charge in [-0.05, 0) is 36.1 Å². The van der Waals surface area contributed by atoms with Gasteiger partial charge in [0.1, 0.15) is 5.82 Å². The maximum absolute atomic E-state index is 12.6. The van der Waals surface area contributed by atoms with E-state index in [0.717, 1.165) is 25.3 Å².